The van der Waals surface area contributed by atoms with E-state index in [2.05, 4.69) is 26.5 Å². The summed E-state index contributed by atoms with van der Waals surface area (Å²) < 4.78 is 0. The van der Waals surface area contributed by atoms with Crippen molar-refractivity contribution in [3.05, 3.63) is 34.9 Å². The summed E-state index contributed by atoms with van der Waals surface area (Å²) in [6.07, 6.45) is 3.16. The lowest BCUT2D eigenvalue weighted by Crippen LogP contribution is -2.52. The van der Waals surface area contributed by atoms with Crippen molar-refractivity contribution in [2.24, 2.45) is 0 Å². The van der Waals surface area contributed by atoms with Crippen LogP contribution in [-0.2, 0) is 22.7 Å². The average Bonchev–Trinajstić information content (AvgIpc) is 3.12. The number of rotatable bonds is 4. The molecule has 0 spiro atoms. The number of piperazine rings is 1. The summed E-state index contributed by atoms with van der Waals surface area (Å²) in [7, 11) is 0. The van der Waals surface area contributed by atoms with Gasteiger partial charge in [-0.2, -0.15) is 0 Å². The highest BCUT2D eigenvalue weighted by Gasteiger charge is 2.40. The monoisotopic (exact) mass is 425 g/mol. The topological polar surface area (TPSA) is 85.0 Å². The van der Waals surface area contributed by atoms with Gasteiger partial charge in [0.15, 0.2) is 0 Å². The van der Waals surface area contributed by atoms with Crippen LogP contribution in [0.15, 0.2) is 18.2 Å². The summed E-state index contributed by atoms with van der Waals surface area (Å²) in [5.41, 5.74) is 2.92. The molecule has 5 rings (SSSR count). The minimum Gasteiger partial charge on any atom is -0.322 e. The van der Waals surface area contributed by atoms with Crippen LogP contribution in [0.2, 0.25) is 0 Å². The van der Waals surface area contributed by atoms with Crippen molar-refractivity contribution in [1.82, 2.24) is 25.3 Å². The van der Waals surface area contributed by atoms with Crippen LogP contribution in [0, 0.1) is 0 Å². The molecule has 0 aromatic heterocycles. The molecule has 3 saturated heterocycles. The summed E-state index contributed by atoms with van der Waals surface area (Å²) in [5.74, 6) is -0.704. The normalized spacial score (nSPS) is 26.3. The highest BCUT2D eigenvalue weighted by molar-refractivity contribution is 6.05. The fourth-order valence-electron chi connectivity index (χ4n) is 5.50. The maximum atomic E-state index is 13.0. The van der Waals surface area contributed by atoms with Crippen LogP contribution in [0.3, 0.4) is 0 Å². The van der Waals surface area contributed by atoms with Gasteiger partial charge in [0.2, 0.25) is 11.8 Å². The number of benzene rings is 1. The zero-order chi connectivity index (χ0) is 21.4. The van der Waals surface area contributed by atoms with Crippen LogP contribution in [0.25, 0.3) is 0 Å². The molecule has 0 saturated carbocycles. The number of carbonyl (C=O) groups is 3. The van der Waals surface area contributed by atoms with Crippen LogP contribution in [-0.4, -0.2) is 83.8 Å². The summed E-state index contributed by atoms with van der Waals surface area (Å²) in [6, 6.07) is 6.08. The van der Waals surface area contributed by atoms with Crippen LogP contribution in [0.1, 0.15) is 47.2 Å². The molecule has 1 aromatic rings. The van der Waals surface area contributed by atoms with E-state index in [1.165, 1.54) is 18.4 Å². The molecule has 166 valence electrons. The molecule has 8 nitrogen and oxygen atoms in total. The SMILES string of the molecule is O=C1CCC(N2Cc3c(CN4CCN(C5CCNCC5)CC4)cccc3C2=O)C(=O)N1. The molecule has 3 fully saturated rings. The maximum Gasteiger partial charge on any atom is 0.255 e. The molecule has 4 aliphatic heterocycles. The first-order chi connectivity index (χ1) is 15.1. The highest BCUT2D eigenvalue weighted by Crippen LogP contribution is 2.30. The molecule has 1 aromatic carbocycles. The summed E-state index contributed by atoms with van der Waals surface area (Å²) in [5, 5.41) is 5.82. The average molecular weight is 426 g/mol. The van der Waals surface area contributed by atoms with Gasteiger partial charge in [0.05, 0.1) is 0 Å². The molecule has 0 aliphatic carbocycles. The Balaban J connectivity index is 1.24. The standard InChI is InChI=1S/C23H31N5O3/c29-21-5-4-20(22(30)25-21)28-15-19-16(2-1-3-18(19)23(28)31)14-26-10-12-27(13-11-26)17-6-8-24-9-7-17/h1-3,17,20,24H,4-15H2,(H,25,29,30). The summed E-state index contributed by atoms with van der Waals surface area (Å²) in [4.78, 5) is 43.6. The van der Waals surface area contributed by atoms with Gasteiger partial charge in [0, 0.05) is 57.3 Å². The molecule has 31 heavy (non-hydrogen) atoms. The highest BCUT2D eigenvalue weighted by atomic mass is 16.2. The lowest BCUT2D eigenvalue weighted by atomic mass is 10.0. The Bertz CT molecular complexity index is 874. The number of fused-ring (bicyclic) bond motifs is 1. The first-order valence-electron chi connectivity index (χ1n) is 11.5. The Morgan fingerprint density at radius 1 is 0.968 bits per heavy atom. The van der Waals surface area contributed by atoms with E-state index in [-0.39, 0.29) is 24.1 Å². The van der Waals surface area contributed by atoms with Gasteiger partial charge < -0.3 is 10.2 Å². The fourth-order valence-corrected chi connectivity index (χ4v) is 5.50. The third-order valence-corrected chi connectivity index (χ3v) is 7.31. The minimum atomic E-state index is -0.557. The molecule has 8 heteroatoms. The van der Waals surface area contributed by atoms with Gasteiger partial charge in [-0.05, 0) is 49.5 Å². The minimum absolute atomic E-state index is 0.0953. The lowest BCUT2D eigenvalue weighted by Gasteiger charge is -2.41. The van der Waals surface area contributed by atoms with E-state index in [9.17, 15) is 14.4 Å². The van der Waals surface area contributed by atoms with Crippen molar-refractivity contribution in [3.8, 4) is 0 Å². The predicted molar refractivity (Wildman–Crippen MR) is 115 cm³/mol. The predicted octanol–water partition coefficient (Wildman–Crippen LogP) is 0.317. The molecule has 1 atom stereocenters. The molecule has 2 N–H and O–H groups in total. The Hall–Kier alpha value is -2.29. The van der Waals surface area contributed by atoms with Gasteiger partial charge >= 0.3 is 0 Å². The zero-order valence-corrected chi connectivity index (χ0v) is 17.9. The van der Waals surface area contributed by atoms with E-state index < -0.39 is 6.04 Å². The van der Waals surface area contributed by atoms with E-state index >= 15 is 0 Å². The number of nitrogens with zero attached hydrogens (tertiary/aromatic N) is 3. The Morgan fingerprint density at radius 2 is 1.74 bits per heavy atom. The Morgan fingerprint density at radius 3 is 2.48 bits per heavy atom. The number of amides is 3. The summed E-state index contributed by atoms with van der Waals surface area (Å²) in [6.45, 7) is 7.81. The Kier molecular flexibility index (Phi) is 5.77. The third kappa shape index (κ3) is 4.12. The van der Waals surface area contributed by atoms with Crippen molar-refractivity contribution < 1.29 is 14.4 Å². The zero-order valence-electron chi connectivity index (χ0n) is 17.9. The quantitative estimate of drug-likeness (QED) is 0.676. The smallest absolute Gasteiger partial charge is 0.255 e. The second kappa shape index (κ2) is 8.68. The van der Waals surface area contributed by atoms with Crippen LogP contribution in [0.5, 0.6) is 0 Å². The summed E-state index contributed by atoms with van der Waals surface area (Å²) >= 11 is 0. The second-order valence-electron chi connectivity index (χ2n) is 9.14. The van der Waals surface area contributed by atoms with Gasteiger partial charge in [0.1, 0.15) is 6.04 Å². The van der Waals surface area contributed by atoms with Crippen molar-refractivity contribution in [1.29, 1.82) is 0 Å². The van der Waals surface area contributed by atoms with Gasteiger partial charge in [-0.1, -0.05) is 12.1 Å². The van der Waals surface area contributed by atoms with E-state index in [1.54, 1.807) is 4.90 Å². The molecular formula is C23H31N5O3. The number of imide groups is 1. The Labute approximate surface area is 182 Å². The van der Waals surface area contributed by atoms with E-state index in [4.69, 9.17) is 0 Å². The fraction of sp³-hybridized carbons (Fsp3) is 0.609. The molecule has 0 radical (unpaired) electrons. The number of carbonyl (C=O) groups excluding carboxylic acids is 3. The van der Waals surface area contributed by atoms with Crippen molar-refractivity contribution >= 4 is 17.7 Å². The molecule has 0 bridgehead atoms. The maximum absolute atomic E-state index is 13.0. The number of hydrogen-bond donors (Lipinski definition) is 2. The number of piperidine rings is 2. The molecule has 1 unspecified atom stereocenters. The van der Waals surface area contributed by atoms with Crippen molar-refractivity contribution in [3.63, 3.8) is 0 Å². The van der Waals surface area contributed by atoms with Crippen molar-refractivity contribution in [2.75, 3.05) is 39.3 Å². The largest absolute Gasteiger partial charge is 0.322 e. The molecule has 4 heterocycles. The van der Waals surface area contributed by atoms with Crippen molar-refractivity contribution in [2.45, 2.75) is 50.9 Å². The third-order valence-electron chi connectivity index (χ3n) is 7.31. The van der Waals surface area contributed by atoms with Gasteiger partial charge in [-0.15, -0.1) is 0 Å². The van der Waals surface area contributed by atoms with E-state index in [0.717, 1.165) is 51.4 Å². The van der Waals surface area contributed by atoms with E-state index in [1.807, 2.05) is 12.1 Å². The first-order valence-corrected chi connectivity index (χ1v) is 11.5. The molecular weight excluding hydrogens is 394 g/mol. The van der Waals surface area contributed by atoms with Gasteiger partial charge in [-0.3, -0.25) is 29.5 Å². The van der Waals surface area contributed by atoms with Crippen LogP contribution >= 0.6 is 0 Å². The first kappa shape index (κ1) is 20.6. The second-order valence-corrected chi connectivity index (χ2v) is 9.14. The van der Waals surface area contributed by atoms with Crippen LogP contribution in [0.4, 0.5) is 0 Å². The molecule has 4 aliphatic rings. The number of nitrogens with one attached hydrogen (secondary N) is 2. The number of hydrogen-bond acceptors (Lipinski definition) is 6. The molecule has 3 amide bonds. The van der Waals surface area contributed by atoms with E-state index in [0.29, 0.717) is 24.6 Å². The van der Waals surface area contributed by atoms with Crippen LogP contribution < -0.4 is 10.6 Å². The van der Waals surface area contributed by atoms with Gasteiger partial charge in [-0.25, -0.2) is 0 Å². The van der Waals surface area contributed by atoms with Gasteiger partial charge in [0.25, 0.3) is 5.91 Å². The lowest BCUT2D eigenvalue weighted by molar-refractivity contribution is -0.136.